The number of aromatic nitrogens is 2. The Labute approximate surface area is 149 Å². The number of aliphatic carboxylic acids is 1. The van der Waals surface area contributed by atoms with Gasteiger partial charge in [0, 0.05) is 29.2 Å². The van der Waals surface area contributed by atoms with Gasteiger partial charge in [-0.25, -0.2) is 27.9 Å². The van der Waals surface area contributed by atoms with Crippen LogP contribution < -0.4 is 10.0 Å². The molecule has 0 unspecified atom stereocenters. The van der Waals surface area contributed by atoms with Crippen LogP contribution >= 0.6 is 0 Å². The molecule has 26 heavy (non-hydrogen) atoms. The van der Waals surface area contributed by atoms with Gasteiger partial charge in [0.2, 0.25) is 11.9 Å². The number of amides is 1. The van der Waals surface area contributed by atoms with E-state index >= 15 is 0 Å². The number of aryl methyl sites for hydroxylation is 2. The first kappa shape index (κ1) is 19.1. The summed E-state index contributed by atoms with van der Waals surface area (Å²) in [5, 5.41) is 10.9. The van der Waals surface area contributed by atoms with Crippen LogP contribution in [0.4, 0.5) is 11.6 Å². The maximum atomic E-state index is 12.4. The summed E-state index contributed by atoms with van der Waals surface area (Å²) in [4.78, 5) is 29.9. The minimum absolute atomic E-state index is 0.0290. The number of hydrogen-bond donors (Lipinski definition) is 3. The monoisotopic (exact) mass is 376 g/mol. The number of anilines is 2. The molecule has 9 nitrogen and oxygen atoms in total. The maximum absolute atomic E-state index is 12.4. The zero-order valence-electron chi connectivity index (χ0n) is 13.9. The molecular formula is C16H16N4O5S. The van der Waals surface area contributed by atoms with Gasteiger partial charge in [-0.3, -0.25) is 4.79 Å². The second kappa shape index (κ2) is 7.74. The smallest absolute Gasteiger partial charge is 0.328 e. The molecule has 1 amide bonds. The fourth-order valence-corrected chi connectivity index (χ4v) is 2.94. The first-order chi connectivity index (χ1) is 12.2. The van der Waals surface area contributed by atoms with Gasteiger partial charge in [-0.05, 0) is 44.2 Å². The summed E-state index contributed by atoms with van der Waals surface area (Å²) in [6.07, 6.45) is 1.55. The van der Waals surface area contributed by atoms with Crippen LogP contribution in [0.5, 0.6) is 0 Å². The number of nitrogens with zero attached hydrogens (tertiary/aromatic N) is 2. The summed E-state index contributed by atoms with van der Waals surface area (Å²) in [6, 6.07) is 7.06. The Morgan fingerprint density at radius 1 is 1.04 bits per heavy atom. The van der Waals surface area contributed by atoms with Crippen LogP contribution in [0.2, 0.25) is 0 Å². The highest BCUT2D eigenvalue weighted by Crippen LogP contribution is 2.17. The average molecular weight is 376 g/mol. The van der Waals surface area contributed by atoms with Gasteiger partial charge in [0.1, 0.15) is 0 Å². The lowest BCUT2D eigenvalue weighted by Crippen LogP contribution is -2.16. The molecule has 10 heteroatoms. The topological polar surface area (TPSA) is 138 Å². The van der Waals surface area contributed by atoms with Crippen molar-refractivity contribution in [2.24, 2.45) is 0 Å². The lowest BCUT2D eigenvalue weighted by Gasteiger charge is -2.09. The molecule has 2 aromatic rings. The van der Waals surface area contributed by atoms with Crippen LogP contribution in [-0.4, -0.2) is 35.4 Å². The van der Waals surface area contributed by atoms with Crippen LogP contribution in [0.25, 0.3) is 0 Å². The van der Waals surface area contributed by atoms with Crippen molar-refractivity contribution in [3.05, 3.63) is 53.9 Å². The van der Waals surface area contributed by atoms with E-state index in [9.17, 15) is 18.0 Å². The molecule has 136 valence electrons. The van der Waals surface area contributed by atoms with Gasteiger partial charge in [-0.2, -0.15) is 0 Å². The van der Waals surface area contributed by atoms with Gasteiger partial charge in [0.25, 0.3) is 10.0 Å². The number of carboxylic acid groups (broad SMARTS) is 1. The standard InChI is InChI=1S/C16H16N4O5S/c1-10-9-11(2)18-16(17-10)20-26(24,25)13-5-3-12(4-6-13)19-14(21)7-8-15(22)23/h3-9H,1-2H3,(H,19,21)(H,22,23)(H,17,18,20)/b8-7-. The number of carbonyl (C=O) groups is 2. The summed E-state index contributed by atoms with van der Waals surface area (Å²) in [6.45, 7) is 3.45. The fraction of sp³-hybridized carbons (Fsp3) is 0.125. The molecule has 0 aliphatic rings. The number of sulfonamides is 1. The normalized spacial score (nSPS) is 11.3. The van der Waals surface area contributed by atoms with Crippen molar-refractivity contribution >= 4 is 33.5 Å². The van der Waals surface area contributed by atoms with E-state index in [1.807, 2.05) is 0 Å². The molecule has 0 fully saturated rings. The number of hydrogen-bond acceptors (Lipinski definition) is 6. The summed E-state index contributed by atoms with van der Waals surface area (Å²) in [5.41, 5.74) is 1.57. The van der Waals surface area contributed by atoms with Crippen LogP contribution in [0.15, 0.2) is 47.4 Å². The third-order valence-electron chi connectivity index (χ3n) is 3.02. The minimum Gasteiger partial charge on any atom is -0.478 e. The number of carbonyl (C=O) groups excluding carboxylic acids is 1. The van der Waals surface area contributed by atoms with E-state index in [4.69, 9.17) is 5.11 Å². The van der Waals surface area contributed by atoms with Crippen LogP contribution in [0.3, 0.4) is 0 Å². The summed E-state index contributed by atoms with van der Waals surface area (Å²) < 4.78 is 27.1. The van der Waals surface area contributed by atoms with Crippen molar-refractivity contribution in [2.75, 3.05) is 10.0 Å². The molecule has 0 radical (unpaired) electrons. The van der Waals surface area contributed by atoms with Crippen molar-refractivity contribution in [3.8, 4) is 0 Å². The van der Waals surface area contributed by atoms with E-state index in [-0.39, 0.29) is 10.8 Å². The lowest BCUT2D eigenvalue weighted by molar-refractivity contribution is -0.131. The van der Waals surface area contributed by atoms with E-state index < -0.39 is 21.9 Å². The molecule has 0 saturated carbocycles. The first-order valence-corrected chi connectivity index (χ1v) is 8.81. The van der Waals surface area contributed by atoms with E-state index in [0.29, 0.717) is 23.2 Å². The number of carboxylic acids is 1. The van der Waals surface area contributed by atoms with Crippen molar-refractivity contribution < 1.29 is 23.1 Å². The lowest BCUT2D eigenvalue weighted by atomic mass is 10.3. The van der Waals surface area contributed by atoms with Crippen LogP contribution in [0, 0.1) is 13.8 Å². The Kier molecular flexibility index (Phi) is 5.68. The second-order valence-electron chi connectivity index (χ2n) is 5.27. The minimum atomic E-state index is -3.89. The molecule has 0 spiro atoms. The Morgan fingerprint density at radius 2 is 1.62 bits per heavy atom. The summed E-state index contributed by atoms with van der Waals surface area (Å²) in [7, 11) is -3.89. The quantitative estimate of drug-likeness (QED) is 0.649. The summed E-state index contributed by atoms with van der Waals surface area (Å²) >= 11 is 0. The first-order valence-electron chi connectivity index (χ1n) is 7.33. The number of rotatable bonds is 6. The molecule has 1 aromatic carbocycles. The third kappa shape index (κ3) is 5.38. The molecule has 1 heterocycles. The molecule has 1 aromatic heterocycles. The molecule has 2 rings (SSSR count). The predicted octanol–water partition coefficient (Wildman–Crippen LogP) is 1.47. The Balaban J connectivity index is 2.13. The fourth-order valence-electron chi connectivity index (χ4n) is 2.00. The number of benzene rings is 1. The SMILES string of the molecule is Cc1cc(C)nc(NS(=O)(=O)c2ccc(NC(=O)/C=C\C(=O)O)cc2)n1. The Morgan fingerprint density at radius 3 is 2.15 bits per heavy atom. The van der Waals surface area contributed by atoms with Gasteiger partial charge in [0.15, 0.2) is 0 Å². The maximum Gasteiger partial charge on any atom is 0.328 e. The largest absolute Gasteiger partial charge is 0.478 e. The van der Waals surface area contributed by atoms with E-state index in [1.54, 1.807) is 19.9 Å². The molecule has 0 saturated heterocycles. The zero-order valence-corrected chi connectivity index (χ0v) is 14.7. The van der Waals surface area contributed by atoms with Crippen molar-refractivity contribution in [1.29, 1.82) is 0 Å². The molecule has 0 aliphatic heterocycles. The van der Waals surface area contributed by atoms with Gasteiger partial charge < -0.3 is 10.4 Å². The van der Waals surface area contributed by atoms with Crippen molar-refractivity contribution in [3.63, 3.8) is 0 Å². The second-order valence-corrected chi connectivity index (χ2v) is 6.95. The molecular weight excluding hydrogens is 360 g/mol. The van der Waals surface area contributed by atoms with Gasteiger partial charge in [0.05, 0.1) is 4.90 Å². The Bertz CT molecular complexity index is 948. The highest BCUT2D eigenvalue weighted by molar-refractivity contribution is 7.92. The predicted molar refractivity (Wildman–Crippen MR) is 94.2 cm³/mol. The molecule has 0 aliphatic carbocycles. The molecule has 0 atom stereocenters. The summed E-state index contributed by atoms with van der Waals surface area (Å²) in [5.74, 6) is -1.93. The highest BCUT2D eigenvalue weighted by atomic mass is 32.2. The number of nitrogens with one attached hydrogen (secondary N) is 2. The van der Waals surface area contributed by atoms with Crippen molar-refractivity contribution in [2.45, 2.75) is 18.7 Å². The Hall–Kier alpha value is -3.27. The van der Waals surface area contributed by atoms with E-state index in [2.05, 4.69) is 20.0 Å². The van der Waals surface area contributed by atoms with Gasteiger partial charge >= 0.3 is 5.97 Å². The van der Waals surface area contributed by atoms with Crippen LogP contribution in [-0.2, 0) is 19.6 Å². The van der Waals surface area contributed by atoms with Crippen molar-refractivity contribution in [1.82, 2.24) is 9.97 Å². The highest BCUT2D eigenvalue weighted by Gasteiger charge is 2.16. The van der Waals surface area contributed by atoms with Gasteiger partial charge in [-0.1, -0.05) is 0 Å². The molecule has 3 N–H and O–H groups in total. The average Bonchev–Trinajstić information content (AvgIpc) is 2.52. The third-order valence-corrected chi connectivity index (χ3v) is 4.36. The van der Waals surface area contributed by atoms with Crippen LogP contribution in [0.1, 0.15) is 11.4 Å². The molecule has 0 bridgehead atoms. The van der Waals surface area contributed by atoms with E-state index in [1.165, 1.54) is 24.3 Å². The zero-order chi connectivity index (χ0) is 19.3. The van der Waals surface area contributed by atoms with Gasteiger partial charge in [-0.15, -0.1) is 0 Å². The van der Waals surface area contributed by atoms with E-state index in [0.717, 1.165) is 6.08 Å².